The summed E-state index contributed by atoms with van der Waals surface area (Å²) in [4.78, 5) is 4.25. The number of nitrogens with zero attached hydrogens (tertiary/aromatic N) is 1. The molecule has 0 aliphatic heterocycles. The molecule has 106 valence electrons. The van der Waals surface area contributed by atoms with Gasteiger partial charge in [0, 0.05) is 23.3 Å². The second-order valence-corrected chi connectivity index (χ2v) is 5.25. The Morgan fingerprint density at radius 3 is 2.95 bits per heavy atom. The van der Waals surface area contributed by atoms with Crippen LogP contribution in [0.3, 0.4) is 0 Å². The Labute approximate surface area is 126 Å². The molecular formula is C15H16BrFN2O. The number of ether oxygens (including phenoxy) is 1. The van der Waals surface area contributed by atoms with Crippen molar-refractivity contribution in [2.45, 2.75) is 19.9 Å². The van der Waals surface area contributed by atoms with E-state index in [4.69, 9.17) is 4.74 Å². The van der Waals surface area contributed by atoms with Crippen LogP contribution in [0.15, 0.2) is 41.0 Å². The lowest BCUT2D eigenvalue weighted by Gasteiger charge is -2.09. The molecule has 5 heteroatoms. The maximum atomic E-state index is 13.6. The average molecular weight is 339 g/mol. The summed E-state index contributed by atoms with van der Waals surface area (Å²) in [5.74, 6) is 0.374. The van der Waals surface area contributed by atoms with Crippen molar-refractivity contribution in [2.24, 2.45) is 0 Å². The molecule has 0 unspecified atom stereocenters. The van der Waals surface area contributed by atoms with Gasteiger partial charge in [-0.2, -0.15) is 0 Å². The van der Waals surface area contributed by atoms with E-state index in [0.29, 0.717) is 12.3 Å². The normalized spacial score (nSPS) is 10.6. The molecular weight excluding hydrogens is 323 g/mol. The fourth-order valence-electron chi connectivity index (χ4n) is 1.69. The van der Waals surface area contributed by atoms with Crippen LogP contribution in [0.2, 0.25) is 0 Å². The number of benzene rings is 1. The Morgan fingerprint density at radius 1 is 1.30 bits per heavy atom. The molecule has 0 aliphatic carbocycles. The molecule has 0 aliphatic rings. The van der Waals surface area contributed by atoms with E-state index in [2.05, 4.69) is 33.2 Å². The second-order valence-electron chi connectivity index (χ2n) is 4.34. The Kier molecular flexibility index (Phi) is 5.49. The van der Waals surface area contributed by atoms with Gasteiger partial charge in [0.1, 0.15) is 5.75 Å². The van der Waals surface area contributed by atoms with Crippen molar-refractivity contribution in [2.75, 3.05) is 6.54 Å². The molecule has 0 spiro atoms. The average Bonchev–Trinajstić information content (AvgIpc) is 2.44. The Bertz CT molecular complexity index is 578. The molecule has 0 fully saturated rings. The first kappa shape index (κ1) is 14.9. The Hall–Kier alpha value is -1.46. The summed E-state index contributed by atoms with van der Waals surface area (Å²) < 4.78 is 20.0. The second kappa shape index (κ2) is 7.36. The summed E-state index contributed by atoms with van der Waals surface area (Å²) in [6.07, 6.45) is 2.73. The van der Waals surface area contributed by atoms with Crippen LogP contribution in [0.1, 0.15) is 19.0 Å². The number of aromatic nitrogens is 1. The van der Waals surface area contributed by atoms with Gasteiger partial charge < -0.3 is 10.1 Å². The first-order valence-electron chi connectivity index (χ1n) is 6.47. The van der Waals surface area contributed by atoms with E-state index in [1.807, 2.05) is 6.07 Å². The van der Waals surface area contributed by atoms with E-state index in [0.717, 1.165) is 23.1 Å². The molecule has 1 heterocycles. The van der Waals surface area contributed by atoms with Crippen molar-refractivity contribution in [3.8, 4) is 11.5 Å². The highest BCUT2D eigenvalue weighted by molar-refractivity contribution is 9.10. The lowest BCUT2D eigenvalue weighted by molar-refractivity contribution is 0.440. The molecule has 1 aromatic carbocycles. The molecule has 2 rings (SSSR count). The fraction of sp³-hybridized carbons (Fsp3) is 0.267. The molecule has 0 amide bonds. The van der Waals surface area contributed by atoms with Crippen molar-refractivity contribution in [1.29, 1.82) is 0 Å². The van der Waals surface area contributed by atoms with Gasteiger partial charge in [-0.25, -0.2) is 4.39 Å². The predicted octanol–water partition coefficient (Wildman–Crippen LogP) is 4.28. The molecule has 0 atom stereocenters. The third-order valence-corrected chi connectivity index (χ3v) is 3.14. The molecule has 1 aromatic heterocycles. The largest absolute Gasteiger partial charge is 0.454 e. The summed E-state index contributed by atoms with van der Waals surface area (Å²) in [5, 5.41) is 3.26. The SMILES string of the molecule is CCCNCc1cc(Oc2cc(Br)ccc2F)ccn1. The van der Waals surface area contributed by atoms with Crippen molar-refractivity contribution in [1.82, 2.24) is 10.3 Å². The van der Waals surface area contributed by atoms with Gasteiger partial charge in [0.15, 0.2) is 11.6 Å². The Balaban J connectivity index is 2.09. The maximum absolute atomic E-state index is 13.6. The number of hydrogen-bond acceptors (Lipinski definition) is 3. The van der Waals surface area contributed by atoms with Crippen molar-refractivity contribution >= 4 is 15.9 Å². The highest BCUT2D eigenvalue weighted by Gasteiger charge is 2.06. The van der Waals surface area contributed by atoms with E-state index in [1.54, 1.807) is 24.4 Å². The van der Waals surface area contributed by atoms with Gasteiger partial charge in [0.05, 0.1) is 5.69 Å². The van der Waals surface area contributed by atoms with E-state index in [9.17, 15) is 4.39 Å². The van der Waals surface area contributed by atoms with E-state index in [1.165, 1.54) is 6.07 Å². The minimum Gasteiger partial charge on any atom is -0.454 e. The van der Waals surface area contributed by atoms with Crippen LogP contribution in [0.5, 0.6) is 11.5 Å². The van der Waals surface area contributed by atoms with Crippen LogP contribution in [0, 0.1) is 5.82 Å². The topological polar surface area (TPSA) is 34.1 Å². The van der Waals surface area contributed by atoms with Crippen LogP contribution in [-0.4, -0.2) is 11.5 Å². The summed E-state index contributed by atoms with van der Waals surface area (Å²) in [6, 6.07) is 8.12. The molecule has 0 saturated carbocycles. The zero-order valence-corrected chi connectivity index (χ0v) is 12.8. The van der Waals surface area contributed by atoms with Crippen molar-refractivity contribution in [3.63, 3.8) is 0 Å². The van der Waals surface area contributed by atoms with Crippen LogP contribution < -0.4 is 10.1 Å². The van der Waals surface area contributed by atoms with Gasteiger partial charge >= 0.3 is 0 Å². The maximum Gasteiger partial charge on any atom is 0.165 e. The summed E-state index contributed by atoms with van der Waals surface area (Å²) >= 11 is 3.30. The molecule has 3 nitrogen and oxygen atoms in total. The smallest absolute Gasteiger partial charge is 0.165 e. The molecule has 0 radical (unpaired) electrons. The number of halogens is 2. The number of rotatable bonds is 6. The number of hydrogen-bond donors (Lipinski definition) is 1. The molecule has 20 heavy (non-hydrogen) atoms. The van der Waals surface area contributed by atoms with Crippen LogP contribution in [-0.2, 0) is 6.54 Å². The van der Waals surface area contributed by atoms with Gasteiger partial charge in [-0.15, -0.1) is 0 Å². The quantitative estimate of drug-likeness (QED) is 0.798. The van der Waals surface area contributed by atoms with E-state index >= 15 is 0 Å². The first-order chi connectivity index (χ1) is 9.69. The minimum atomic E-state index is -0.393. The highest BCUT2D eigenvalue weighted by atomic mass is 79.9. The van der Waals surface area contributed by atoms with Crippen LogP contribution in [0.25, 0.3) is 0 Å². The van der Waals surface area contributed by atoms with Gasteiger partial charge in [-0.1, -0.05) is 22.9 Å². The number of nitrogens with one attached hydrogen (secondary N) is 1. The summed E-state index contributed by atoms with van der Waals surface area (Å²) in [7, 11) is 0. The standard InChI is InChI=1S/C15H16BrFN2O/c1-2-6-18-10-12-9-13(5-7-19-12)20-15-8-11(16)3-4-14(15)17/h3-5,7-9,18H,2,6,10H2,1H3. The first-order valence-corrected chi connectivity index (χ1v) is 7.27. The van der Waals surface area contributed by atoms with E-state index in [-0.39, 0.29) is 5.75 Å². The van der Waals surface area contributed by atoms with Crippen molar-refractivity contribution < 1.29 is 9.13 Å². The lowest BCUT2D eigenvalue weighted by Crippen LogP contribution is -2.14. The molecule has 1 N–H and O–H groups in total. The van der Waals surface area contributed by atoms with Gasteiger partial charge in [0.25, 0.3) is 0 Å². The van der Waals surface area contributed by atoms with E-state index < -0.39 is 5.82 Å². The summed E-state index contributed by atoms with van der Waals surface area (Å²) in [5.41, 5.74) is 0.867. The number of pyridine rings is 1. The van der Waals surface area contributed by atoms with Crippen molar-refractivity contribution in [3.05, 3.63) is 52.5 Å². The fourth-order valence-corrected chi connectivity index (χ4v) is 2.03. The predicted molar refractivity (Wildman–Crippen MR) is 80.4 cm³/mol. The van der Waals surface area contributed by atoms with Gasteiger partial charge in [-0.05, 0) is 37.2 Å². The van der Waals surface area contributed by atoms with Crippen LogP contribution in [0.4, 0.5) is 4.39 Å². The highest BCUT2D eigenvalue weighted by Crippen LogP contribution is 2.27. The zero-order chi connectivity index (χ0) is 14.4. The zero-order valence-electron chi connectivity index (χ0n) is 11.2. The Morgan fingerprint density at radius 2 is 2.15 bits per heavy atom. The molecule has 0 bridgehead atoms. The summed E-state index contributed by atoms with van der Waals surface area (Å²) in [6.45, 7) is 3.72. The third kappa shape index (κ3) is 4.28. The van der Waals surface area contributed by atoms with Gasteiger partial charge in [-0.3, -0.25) is 4.98 Å². The third-order valence-electron chi connectivity index (χ3n) is 2.64. The van der Waals surface area contributed by atoms with Gasteiger partial charge in [0.2, 0.25) is 0 Å². The molecule has 0 saturated heterocycles. The lowest BCUT2D eigenvalue weighted by atomic mass is 10.3. The van der Waals surface area contributed by atoms with Crippen LogP contribution >= 0.6 is 15.9 Å². The monoisotopic (exact) mass is 338 g/mol. The minimum absolute atomic E-state index is 0.193. The molecule has 2 aromatic rings.